The predicted molar refractivity (Wildman–Crippen MR) is 104 cm³/mol. The van der Waals surface area contributed by atoms with E-state index in [1.165, 1.54) is 0 Å². The van der Waals surface area contributed by atoms with Crippen molar-refractivity contribution in [2.45, 2.75) is 12.6 Å². The molecule has 0 saturated carbocycles. The van der Waals surface area contributed by atoms with Crippen LogP contribution in [0.5, 0.6) is 0 Å². The highest BCUT2D eigenvalue weighted by Crippen LogP contribution is 2.14. The minimum atomic E-state index is -0.800. The number of nitrogens with zero attached hydrogens (tertiary/aromatic N) is 1. The van der Waals surface area contributed by atoms with Crippen LogP contribution in [-0.2, 0) is 11.3 Å². The van der Waals surface area contributed by atoms with Gasteiger partial charge in [-0.2, -0.15) is 0 Å². The van der Waals surface area contributed by atoms with Gasteiger partial charge < -0.3 is 16.4 Å². The van der Waals surface area contributed by atoms with E-state index in [1.807, 2.05) is 30.3 Å². The van der Waals surface area contributed by atoms with Gasteiger partial charge >= 0.3 is 0 Å². The van der Waals surface area contributed by atoms with Crippen LogP contribution in [0.15, 0.2) is 79.1 Å². The van der Waals surface area contributed by atoms with Gasteiger partial charge in [0.05, 0.1) is 0 Å². The Kier molecular flexibility index (Phi) is 5.91. The first-order valence-corrected chi connectivity index (χ1v) is 8.52. The number of amides is 2. The SMILES string of the molecule is N[C@@H](C(=O)NCc1ccccc1)c1ccc(C(=O)Nc2ccncc2)cc1. The van der Waals surface area contributed by atoms with Crippen molar-refractivity contribution < 1.29 is 9.59 Å². The Bertz CT molecular complexity index is 896. The molecule has 3 rings (SSSR count). The van der Waals surface area contributed by atoms with Crippen LogP contribution in [0.4, 0.5) is 5.69 Å². The molecule has 0 aliphatic heterocycles. The molecule has 0 aliphatic rings. The second-order valence-corrected chi connectivity index (χ2v) is 5.99. The molecule has 1 atom stereocenters. The highest BCUT2D eigenvalue weighted by atomic mass is 16.2. The largest absolute Gasteiger partial charge is 0.350 e. The van der Waals surface area contributed by atoms with Gasteiger partial charge in [-0.15, -0.1) is 0 Å². The van der Waals surface area contributed by atoms with Gasteiger partial charge in [0, 0.05) is 30.2 Å². The summed E-state index contributed by atoms with van der Waals surface area (Å²) in [5.41, 5.74) is 8.82. The minimum absolute atomic E-state index is 0.241. The highest BCUT2D eigenvalue weighted by Gasteiger charge is 2.16. The molecule has 6 nitrogen and oxygen atoms in total. The van der Waals surface area contributed by atoms with Crippen molar-refractivity contribution in [3.05, 3.63) is 95.8 Å². The van der Waals surface area contributed by atoms with E-state index in [0.717, 1.165) is 5.56 Å². The van der Waals surface area contributed by atoms with Crippen molar-refractivity contribution in [3.63, 3.8) is 0 Å². The fourth-order valence-electron chi connectivity index (χ4n) is 2.53. The second kappa shape index (κ2) is 8.73. The number of nitrogens with one attached hydrogen (secondary N) is 2. The quantitative estimate of drug-likeness (QED) is 0.629. The van der Waals surface area contributed by atoms with E-state index in [4.69, 9.17) is 5.73 Å². The lowest BCUT2D eigenvalue weighted by molar-refractivity contribution is -0.122. The molecule has 0 radical (unpaired) electrons. The first-order chi connectivity index (χ1) is 13.1. The number of hydrogen-bond donors (Lipinski definition) is 3. The Balaban J connectivity index is 1.58. The van der Waals surface area contributed by atoms with Gasteiger partial charge in [-0.3, -0.25) is 14.6 Å². The summed E-state index contributed by atoms with van der Waals surface area (Å²) in [6.45, 7) is 0.416. The summed E-state index contributed by atoms with van der Waals surface area (Å²) in [5, 5.41) is 5.60. The van der Waals surface area contributed by atoms with Crippen LogP contribution >= 0.6 is 0 Å². The zero-order valence-corrected chi connectivity index (χ0v) is 14.6. The summed E-state index contributed by atoms with van der Waals surface area (Å²) >= 11 is 0. The van der Waals surface area contributed by atoms with Crippen molar-refractivity contribution in [2.75, 3.05) is 5.32 Å². The number of pyridine rings is 1. The van der Waals surface area contributed by atoms with Crippen molar-refractivity contribution in [1.29, 1.82) is 0 Å². The van der Waals surface area contributed by atoms with E-state index in [9.17, 15) is 9.59 Å². The molecule has 0 saturated heterocycles. The molecule has 3 aromatic rings. The predicted octanol–water partition coefficient (Wildman–Crippen LogP) is 2.65. The summed E-state index contributed by atoms with van der Waals surface area (Å²) in [6.07, 6.45) is 3.21. The fourth-order valence-corrected chi connectivity index (χ4v) is 2.53. The average Bonchev–Trinajstić information content (AvgIpc) is 2.73. The maximum atomic E-state index is 12.3. The third-order valence-electron chi connectivity index (χ3n) is 4.06. The van der Waals surface area contributed by atoms with Crippen LogP contribution in [0.2, 0.25) is 0 Å². The Labute approximate surface area is 157 Å². The number of anilines is 1. The number of rotatable bonds is 6. The maximum Gasteiger partial charge on any atom is 0.255 e. The van der Waals surface area contributed by atoms with Crippen molar-refractivity contribution in [1.82, 2.24) is 10.3 Å². The maximum absolute atomic E-state index is 12.3. The molecule has 0 unspecified atom stereocenters. The third-order valence-corrected chi connectivity index (χ3v) is 4.06. The topological polar surface area (TPSA) is 97.1 Å². The smallest absolute Gasteiger partial charge is 0.255 e. The number of carbonyl (C=O) groups is 2. The molecule has 4 N–H and O–H groups in total. The zero-order valence-electron chi connectivity index (χ0n) is 14.6. The molecule has 0 fully saturated rings. The van der Waals surface area contributed by atoms with Crippen molar-refractivity contribution >= 4 is 17.5 Å². The molecule has 1 aromatic heterocycles. The lowest BCUT2D eigenvalue weighted by atomic mass is 10.0. The summed E-state index contributed by atoms with van der Waals surface area (Å²) < 4.78 is 0. The number of hydrogen-bond acceptors (Lipinski definition) is 4. The fraction of sp³-hybridized carbons (Fsp3) is 0.0952. The van der Waals surface area contributed by atoms with E-state index >= 15 is 0 Å². The highest BCUT2D eigenvalue weighted by molar-refractivity contribution is 6.04. The molecule has 0 spiro atoms. The van der Waals surface area contributed by atoms with E-state index in [-0.39, 0.29) is 11.8 Å². The first kappa shape index (κ1) is 18.3. The standard InChI is InChI=1S/C21H20N4O2/c22-19(21(27)24-14-15-4-2-1-3-5-15)16-6-8-17(9-7-16)20(26)25-18-10-12-23-13-11-18/h1-13,19H,14,22H2,(H,24,27)(H,23,25,26)/t19-/m1/s1. The molecule has 0 aliphatic carbocycles. The molecule has 2 amide bonds. The molecule has 1 heterocycles. The van der Waals surface area contributed by atoms with E-state index < -0.39 is 6.04 Å². The lowest BCUT2D eigenvalue weighted by Crippen LogP contribution is -2.33. The van der Waals surface area contributed by atoms with Gasteiger partial charge in [0.1, 0.15) is 6.04 Å². The van der Waals surface area contributed by atoms with Crippen molar-refractivity contribution in [2.24, 2.45) is 5.73 Å². The minimum Gasteiger partial charge on any atom is -0.350 e. The molecular formula is C21H20N4O2. The Morgan fingerprint density at radius 1 is 0.926 bits per heavy atom. The zero-order chi connectivity index (χ0) is 19.1. The summed E-state index contributed by atoms with van der Waals surface area (Å²) in [4.78, 5) is 28.4. The van der Waals surface area contributed by atoms with Gasteiger partial charge in [-0.05, 0) is 35.4 Å². The molecule has 6 heteroatoms. The van der Waals surface area contributed by atoms with Crippen molar-refractivity contribution in [3.8, 4) is 0 Å². The van der Waals surface area contributed by atoms with Crippen LogP contribution < -0.4 is 16.4 Å². The van der Waals surface area contributed by atoms with Gasteiger partial charge in [-0.1, -0.05) is 42.5 Å². The lowest BCUT2D eigenvalue weighted by Gasteiger charge is -2.13. The number of nitrogens with two attached hydrogens (primary N) is 1. The van der Waals surface area contributed by atoms with Crippen LogP contribution in [0.3, 0.4) is 0 Å². The first-order valence-electron chi connectivity index (χ1n) is 8.52. The van der Waals surface area contributed by atoms with Crippen LogP contribution in [0.25, 0.3) is 0 Å². The summed E-state index contributed by atoms with van der Waals surface area (Å²) in [6, 6.07) is 18.9. The molecule has 136 valence electrons. The van der Waals surface area contributed by atoms with E-state index in [2.05, 4.69) is 15.6 Å². The van der Waals surface area contributed by atoms with Crippen LogP contribution in [0, 0.1) is 0 Å². The number of carbonyl (C=O) groups excluding carboxylic acids is 2. The summed E-state index contributed by atoms with van der Waals surface area (Å²) in [5.74, 6) is -0.511. The third kappa shape index (κ3) is 4.99. The Hall–Kier alpha value is -3.51. The number of aromatic nitrogens is 1. The molecular weight excluding hydrogens is 340 g/mol. The van der Waals surface area contributed by atoms with Gasteiger partial charge in [0.15, 0.2) is 0 Å². The van der Waals surface area contributed by atoms with E-state index in [1.54, 1.807) is 48.8 Å². The monoisotopic (exact) mass is 360 g/mol. The molecule has 27 heavy (non-hydrogen) atoms. The van der Waals surface area contributed by atoms with Crippen LogP contribution in [-0.4, -0.2) is 16.8 Å². The molecule has 2 aromatic carbocycles. The average molecular weight is 360 g/mol. The van der Waals surface area contributed by atoms with E-state index in [0.29, 0.717) is 23.4 Å². The Morgan fingerprint density at radius 3 is 2.26 bits per heavy atom. The second-order valence-electron chi connectivity index (χ2n) is 5.99. The van der Waals surface area contributed by atoms with Gasteiger partial charge in [0.25, 0.3) is 5.91 Å². The van der Waals surface area contributed by atoms with Crippen LogP contribution in [0.1, 0.15) is 27.5 Å². The van der Waals surface area contributed by atoms with Gasteiger partial charge in [0.2, 0.25) is 5.91 Å². The normalized spacial score (nSPS) is 11.4. The summed E-state index contributed by atoms with van der Waals surface area (Å²) in [7, 11) is 0. The Morgan fingerprint density at radius 2 is 1.59 bits per heavy atom. The molecule has 0 bridgehead atoms. The van der Waals surface area contributed by atoms with Gasteiger partial charge in [-0.25, -0.2) is 0 Å². The number of benzene rings is 2.